The quantitative estimate of drug-likeness (QED) is 0.881. The van der Waals surface area contributed by atoms with Gasteiger partial charge in [0.15, 0.2) is 0 Å². The number of thiazole rings is 1. The summed E-state index contributed by atoms with van der Waals surface area (Å²) in [7, 11) is 0. The number of hydrogen-bond donors (Lipinski definition) is 1. The molecule has 0 aliphatic rings. The Morgan fingerprint density at radius 2 is 2.24 bits per heavy atom. The fourth-order valence-electron chi connectivity index (χ4n) is 1.63. The Balaban J connectivity index is 1.82. The van der Waals surface area contributed by atoms with Crippen molar-refractivity contribution in [1.82, 2.24) is 10.3 Å². The average Bonchev–Trinajstić information content (AvgIpc) is 2.85. The van der Waals surface area contributed by atoms with E-state index in [0.29, 0.717) is 18.0 Å². The molecule has 1 aromatic heterocycles. The van der Waals surface area contributed by atoms with E-state index in [4.69, 9.17) is 0 Å². The maximum absolute atomic E-state index is 13.3. The van der Waals surface area contributed by atoms with Gasteiger partial charge in [-0.15, -0.1) is 11.3 Å². The molecular formula is C13H15FN2S. The van der Waals surface area contributed by atoms with Crippen LogP contribution >= 0.6 is 11.3 Å². The normalized spacial score (nSPS) is 12.6. The SMILES string of the molecule is CC(CNCc1ccccc1F)c1nccs1. The van der Waals surface area contributed by atoms with Crippen LogP contribution in [0.25, 0.3) is 0 Å². The van der Waals surface area contributed by atoms with Crippen molar-refractivity contribution >= 4 is 11.3 Å². The van der Waals surface area contributed by atoms with Crippen LogP contribution < -0.4 is 5.32 Å². The summed E-state index contributed by atoms with van der Waals surface area (Å²) in [4.78, 5) is 4.26. The van der Waals surface area contributed by atoms with Gasteiger partial charge >= 0.3 is 0 Å². The molecule has 0 fully saturated rings. The summed E-state index contributed by atoms with van der Waals surface area (Å²) in [6, 6.07) is 6.85. The van der Waals surface area contributed by atoms with E-state index in [1.54, 1.807) is 23.5 Å². The zero-order valence-corrected chi connectivity index (χ0v) is 10.5. The first-order chi connectivity index (χ1) is 8.27. The molecule has 2 nitrogen and oxygen atoms in total. The fraction of sp³-hybridized carbons (Fsp3) is 0.308. The van der Waals surface area contributed by atoms with E-state index in [-0.39, 0.29) is 5.82 Å². The highest BCUT2D eigenvalue weighted by molar-refractivity contribution is 7.09. The highest BCUT2D eigenvalue weighted by atomic mass is 32.1. The van der Waals surface area contributed by atoms with Crippen LogP contribution in [0, 0.1) is 5.82 Å². The third-order valence-corrected chi connectivity index (χ3v) is 3.60. The molecule has 2 rings (SSSR count). The largest absolute Gasteiger partial charge is 0.312 e. The van der Waals surface area contributed by atoms with Gasteiger partial charge in [0.25, 0.3) is 0 Å². The average molecular weight is 250 g/mol. The van der Waals surface area contributed by atoms with Crippen LogP contribution in [-0.2, 0) is 6.54 Å². The molecule has 2 aromatic rings. The zero-order chi connectivity index (χ0) is 12.1. The molecule has 0 saturated heterocycles. The smallest absolute Gasteiger partial charge is 0.127 e. The molecule has 0 aliphatic carbocycles. The van der Waals surface area contributed by atoms with Gasteiger partial charge in [0, 0.05) is 36.1 Å². The maximum Gasteiger partial charge on any atom is 0.127 e. The molecular weight excluding hydrogens is 235 g/mol. The lowest BCUT2D eigenvalue weighted by atomic mass is 10.1. The van der Waals surface area contributed by atoms with Crippen LogP contribution in [-0.4, -0.2) is 11.5 Å². The fourth-order valence-corrected chi connectivity index (χ4v) is 2.33. The van der Waals surface area contributed by atoms with Gasteiger partial charge in [-0.2, -0.15) is 0 Å². The van der Waals surface area contributed by atoms with Crippen molar-refractivity contribution in [2.24, 2.45) is 0 Å². The predicted octanol–water partition coefficient (Wildman–Crippen LogP) is 3.18. The highest BCUT2D eigenvalue weighted by Crippen LogP contribution is 2.16. The first-order valence-corrected chi connectivity index (χ1v) is 6.49. The Hall–Kier alpha value is -1.26. The van der Waals surface area contributed by atoms with Crippen LogP contribution in [0.5, 0.6) is 0 Å². The summed E-state index contributed by atoms with van der Waals surface area (Å²) in [6.07, 6.45) is 1.81. The van der Waals surface area contributed by atoms with Crippen molar-refractivity contribution < 1.29 is 4.39 Å². The molecule has 90 valence electrons. The molecule has 0 spiro atoms. The number of hydrogen-bond acceptors (Lipinski definition) is 3. The van der Waals surface area contributed by atoms with Crippen molar-refractivity contribution in [3.63, 3.8) is 0 Å². The Labute approximate surface area is 105 Å². The predicted molar refractivity (Wildman–Crippen MR) is 68.6 cm³/mol. The van der Waals surface area contributed by atoms with Gasteiger partial charge in [0.1, 0.15) is 5.82 Å². The molecule has 0 radical (unpaired) electrons. The number of nitrogens with one attached hydrogen (secondary N) is 1. The Morgan fingerprint density at radius 1 is 1.41 bits per heavy atom. The summed E-state index contributed by atoms with van der Waals surface area (Å²) in [6.45, 7) is 3.48. The minimum absolute atomic E-state index is 0.151. The molecule has 1 unspecified atom stereocenters. The number of rotatable bonds is 5. The molecule has 0 amide bonds. The number of nitrogens with zero attached hydrogens (tertiary/aromatic N) is 1. The first-order valence-electron chi connectivity index (χ1n) is 5.61. The Bertz CT molecular complexity index is 456. The molecule has 1 aromatic carbocycles. The highest BCUT2D eigenvalue weighted by Gasteiger charge is 2.07. The van der Waals surface area contributed by atoms with E-state index >= 15 is 0 Å². The monoisotopic (exact) mass is 250 g/mol. The van der Waals surface area contributed by atoms with E-state index in [2.05, 4.69) is 17.2 Å². The van der Waals surface area contributed by atoms with Gasteiger partial charge in [-0.05, 0) is 6.07 Å². The van der Waals surface area contributed by atoms with Gasteiger partial charge in [0.2, 0.25) is 0 Å². The van der Waals surface area contributed by atoms with Crippen molar-refractivity contribution in [2.75, 3.05) is 6.54 Å². The van der Waals surface area contributed by atoms with Gasteiger partial charge in [-0.1, -0.05) is 25.1 Å². The Kier molecular flexibility index (Phi) is 4.23. The summed E-state index contributed by atoms with van der Waals surface area (Å²) in [5.74, 6) is 0.212. The third kappa shape index (κ3) is 3.35. The van der Waals surface area contributed by atoms with E-state index in [1.807, 2.05) is 17.6 Å². The van der Waals surface area contributed by atoms with Crippen molar-refractivity contribution in [3.8, 4) is 0 Å². The van der Waals surface area contributed by atoms with Crippen molar-refractivity contribution in [2.45, 2.75) is 19.4 Å². The summed E-state index contributed by atoms with van der Waals surface area (Å²) in [5, 5.41) is 6.35. The lowest BCUT2D eigenvalue weighted by Crippen LogP contribution is -2.20. The lowest BCUT2D eigenvalue weighted by molar-refractivity contribution is 0.570. The maximum atomic E-state index is 13.3. The van der Waals surface area contributed by atoms with Crippen LogP contribution in [0.15, 0.2) is 35.8 Å². The molecule has 0 saturated carbocycles. The number of aromatic nitrogens is 1. The minimum atomic E-state index is -0.151. The van der Waals surface area contributed by atoms with E-state index in [9.17, 15) is 4.39 Å². The van der Waals surface area contributed by atoms with Crippen molar-refractivity contribution in [3.05, 3.63) is 52.2 Å². The summed E-state index contributed by atoms with van der Waals surface area (Å²) >= 11 is 1.66. The van der Waals surface area contributed by atoms with Crippen LogP contribution in [0.4, 0.5) is 4.39 Å². The molecule has 4 heteroatoms. The minimum Gasteiger partial charge on any atom is -0.312 e. The lowest BCUT2D eigenvalue weighted by Gasteiger charge is -2.10. The third-order valence-electron chi connectivity index (χ3n) is 2.60. The topological polar surface area (TPSA) is 24.9 Å². The van der Waals surface area contributed by atoms with Crippen molar-refractivity contribution in [1.29, 1.82) is 0 Å². The molecule has 1 atom stereocenters. The summed E-state index contributed by atoms with van der Waals surface area (Å²) < 4.78 is 13.3. The van der Waals surface area contributed by atoms with Crippen LogP contribution in [0.1, 0.15) is 23.4 Å². The second kappa shape index (κ2) is 5.89. The van der Waals surface area contributed by atoms with Gasteiger partial charge in [0.05, 0.1) is 5.01 Å². The zero-order valence-electron chi connectivity index (χ0n) is 9.69. The molecule has 0 bridgehead atoms. The molecule has 1 N–H and O–H groups in total. The number of benzene rings is 1. The van der Waals surface area contributed by atoms with E-state index in [1.165, 1.54) is 6.07 Å². The second-order valence-electron chi connectivity index (χ2n) is 3.99. The van der Waals surface area contributed by atoms with E-state index in [0.717, 1.165) is 11.6 Å². The Morgan fingerprint density at radius 3 is 2.94 bits per heavy atom. The van der Waals surface area contributed by atoms with Gasteiger partial charge in [-0.3, -0.25) is 0 Å². The molecule has 0 aliphatic heterocycles. The standard InChI is InChI=1S/C13H15FN2S/c1-10(13-16-6-7-17-13)8-15-9-11-4-2-3-5-12(11)14/h2-7,10,15H,8-9H2,1H3. The molecule has 17 heavy (non-hydrogen) atoms. The summed E-state index contributed by atoms with van der Waals surface area (Å²) in [5.41, 5.74) is 0.707. The van der Waals surface area contributed by atoms with Crippen LogP contribution in [0.2, 0.25) is 0 Å². The van der Waals surface area contributed by atoms with Crippen LogP contribution in [0.3, 0.4) is 0 Å². The van der Waals surface area contributed by atoms with Gasteiger partial charge < -0.3 is 5.32 Å². The van der Waals surface area contributed by atoms with Gasteiger partial charge in [-0.25, -0.2) is 9.37 Å². The van der Waals surface area contributed by atoms with E-state index < -0.39 is 0 Å². The number of halogens is 1. The first kappa shape index (κ1) is 12.2. The second-order valence-corrected chi connectivity index (χ2v) is 4.92. The molecule has 1 heterocycles.